The fourth-order valence-corrected chi connectivity index (χ4v) is 3.21. The molecular formula is C15H22N2O3S. The Morgan fingerprint density at radius 1 is 1.24 bits per heavy atom. The first-order valence-electron chi connectivity index (χ1n) is 7.21. The summed E-state index contributed by atoms with van der Waals surface area (Å²) < 4.78 is 22.8. The van der Waals surface area contributed by atoms with Crippen LogP contribution in [0.3, 0.4) is 0 Å². The molecule has 0 radical (unpaired) electrons. The van der Waals surface area contributed by atoms with Crippen LogP contribution in [-0.2, 0) is 14.8 Å². The smallest absolute Gasteiger partial charge is 0.238 e. The van der Waals surface area contributed by atoms with Crippen LogP contribution in [0.4, 0.5) is 5.69 Å². The van der Waals surface area contributed by atoms with Crippen LogP contribution in [0, 0.1) is 18.8 Å². The van der Waals surface area contributed by atoms with E-state index in [1.807, 2.05) is 6.92 Å². The largest absolute Gasteiger partial charge is 0.326 e. The standard InChI is InChI=1S/C15H22N2O3S/c1-10-3-6-12(7-4-10)15(18)17-14-9-13(21(16,19)20)8-5-11(14)2/h5,8-10,12H,3-4,6-7H2,1-2H3,(H,17,18)(H2,16,19,20). The second-order valence-corrected chi connectivity index (χ2v) is 7.53. The average molecular weight is 310 g/mol. The number of anilines is 1. The molecule has 1 aromatic carbocycles. The van der Waals surface area contributed by atoms with Gasteiger partial charge in [0.2, 0.25) is 15.9 Å². The molecule has 0 aliphatic heterocycles. The minimum Gasteiger partial charge on any atom is -0.326 e. The van der Waals surface area contributed by atoms with Gasteiger partial charge < -0.3 is 5.32 Å². The summed E-state index contributed by atoms with van der Waals surface area (Å²) in [6, 6.07) is 4.52. The second-order valence-electron chi connectivity index (χ2n) is 5.97. The summed E-state index contributed by atoms with van der Waals surface area (Å²) in [7, 11) is -3.76. The Kier molecular flexibility index (Phi) is 4.68. The summed E-state index contributed by atoms with van der Waals surface area (Å²) in [5.41, 5.74) is 1.34. The molecule has 1 aliphatic carbocycles. The fourth-order valence-electron chi connectivity index (χ4n) is 2.67. The molecule has 0 saturated heterocycles. The van der Waals surface area contributed by atoms with Crippen molar-refractivity contribution in [3.63, 3.8) is 0 Å². The van der Waals surface area contributed by atoms with Crippen LogP contribution in [0.25, 0.3) is 0 Å². The van der Waals surface area contributed by atoms with Crippen LogP contribution in [0.15, 0.2) is 23.1 Å². The van der Waals surface area contributed by atoms with E-state index in [0.29, 0.717) is 11.6 Å². The van der Waals surface area contributed by atoms with Crippen molar-refractivity contribution >= 4 is 21.6 Å². The molecule has 0 heterocycles. The lowest BCUT2D eigenvalue weighted by atomic mass is 9.82. The topological polar surface area (TPSA) is 89.3 Å². The minimum absolute atomic E-state index is 0.0127. The minimum atomic E-state index is -3.76. The lowest BCUT2D eigenvalue weighted by molar-refractivity contribution is -0.121. The van der Waals surface area contributed by atoms with Gasteiger partial charge in [0.25, 0.3) is 0 Å². The number of carbonyl (C=O) groups is 1. The van der Waals surface area contributed by atoms with E-state index >= 15 is 0 Å². The summed E-state index contributed by atoms with van der Waals surface area (Å²) in [4.78, 5) is 12.3. The van der Waals surface area contributed by atoms with Crippen molar-refractivity contribution < 1.29 is 13.2 Å². The number of hydrogen-bond donors (Lipinski definition) is 2. The molecule has 0 aromatic heterocycles. The molecule has 0 spiro atoms. The first kappa shape index (κ1) is 16.0. The highest BCUT2D eigenvalue weighted by Gasteiger charge is 2.24. The van der Waals surface area contributed by atoms with Gasteiger partial charge in [0, 0.05) is 11.6 Å². The number of carbonyl (C=O) groups excluding carboxylic acids is 1. The maximum Gasteiger partial charge on any atom is 0.238 e. The lowest BCUT2D eigenvalue weighted by Gasteiger charge is -2.25. The maximum absolute atomic E-state index is 12.3. The Morgan fingerprint density at radius 2 is 1.86 bits per heavy atom. The Balaban J connectivity index is 2.14. The van der Waals surface area contributed by atoms with E-state index in [9.17, 15) is 13.2 Å². The zero-order valence-corrected chi connectivity index (χ0v) is 13.2. The first-order valence-corrected chi connectivity index (χ1v) is 8.76. The number of nitrogens with two attached hydrogens (primary N) is 1. The van der Waals surface area contributed by atoms with Crippen molar-refractivity contribution in [2.24, 2.45) is 17.0 Å². The molecule has 1 saturated carbocycles. The molecule has 5 nitrogen and oxygen atoms in total. The third-order valence-corrected chi connectivity index (χ3v) is 5.09. The Labute approximate surface area is 126 Å². The molecule has 2 rings (SSSR count). The molecule has 1 amide bonds. The van der Waals surface area contributed by atoms with Gasteiger partial charge >= 0.3 is 0 Å². The summed E-state index contributed by atoms with van der Waals surface area (Å²) in [6.07, 6.45) is 3.91. The predicted octanol–water partition coefficient (Wildman–Crippen LogP) is 2.41. The third-order valence-electron chi connectivity index (χ3n) is 4.18. The molecule has 6 heteroatoms. The van der Waals surface area contributed by atoms with E-state index in [-0.39, 0.29) is 16.7 Å². The van der Waals surface area contributed by atoms with Gasteiger partial charge in [0.05, 0.1) is 4.90 Å². The van der Waals surface area contributed by atoms with Gasteiger partial charge in [-0.05, 0) is 56.2 Å². The number of aryl methyl sites for hydroxylation is 1. The Morgan fingerprint density at radius 3 is 2.43 bits per heavy atom. The maximum atomic E-state index is 12.3. The number of hydrogen-bond acceptors (Lipinski definition) is 3. The molecule has 1 fully saturated rings. The van der Waals surface area contributed by atoms with E-state index in [2.05, 4.69) is 12.2 Å². The van der Waals surface area contributed by atoms with E-state index in [1.165, 1.54) is 12.1 Å². The summed E-state index contributed by atoms with van der Waals surface area (Å²) in [6.45, 7) is 4.03. The lowest BCUT2D eigenvalue weighted by Crippen LogP contribution is -2.27. The molecule has 0 unspecified atom stereocenters. The highest BCUT2D eigenvalue weighted by atomic mass is 32.2. The molecule has 3 N–H and O–H groups in total. The number of sulfonamides is 1. The van der Waals surface area contributed by atoms with Crippen molar-refractivity contribution in [2.75, 3.05) is 5.32 Å². The van der Waals surface area contributed by atoms with Gasteiger partial charge in [-0.1, -0.05) is 13.0 Å². The number of primary sulfonamides is 1. The molecule has 1 aliphatic rings. The Hall–Kier alpha value is -1.40. The first-order chi connectivity index (χ1) is 9.77. The average Bonchev–Trinajstić information content (AvgIpc) is 2.40. The molecule has 116 valence electrons. The molecule has 0 bridgehead atoms. The SMILES string of the molecule is Cc1ccc(S(N)(=O)=O)cc1NC(=O)C1CCC(C)CC1. The number of benzene rings is 1. The predicted molar refractivity (Wildman–Crippen MR) is 82.3 cm³/mol. The number of rotatable bonds is 3. The quantitative estimate of drug-likeness (QED) is 0.898. The number of amides is 1. The van der Waals surface area contributed by atoms with Crippen LogP contribution in [0.2, 0.25) is 0 Å². The third kappa shape index (κ3) is 4.04. The summed E-state index contributed by atoms with van der Waals surface area (Å²) in [5.74, 6) is 0.664. The van der Waals surface area contributed by atoms with Crippen LogP contribution in [0.1, 0.15) is 38.2 Å². The normalized spacial score (nSPS) is 22.8. The molecule has 1 aromatic rings. The van der Waals surface area contributed by atoms with Gasteiger partial charge in [-0.15, -0.1) is 0 Å². The zero-order chi connectivity index (χ0) is 15.6. The summed E-state index contributed by atoms with van der Waals surface area (Å²) in [5, 5.41) is 7.97. The van der Waals surface area contributed by atoms with Gasteiger partial charge in [-0.2, -0.15) is 0 Å². The van der Waals surface area contributed by atoms with Crippen molar-refractivity contribution in [3.05, 3.63) is 23.8 Å². The van der Waals surface area contributed by atoms with E-state index in [4.69, 9.17) is 5.14 Å². The van der Waals surface area contributed by atoms with Crippen LogP contribution < -0.4 is 10.5 Å². The van der Waals surface area contributed by atoms with E-state index in [1.54, 1.807) is 6.07 Å². The zero-order valence-electron chi connectivity index (χ0n) is 12.4. The van der Waals surface area contributed by atoms with Gasteiger partial charge in [-0.25, -0.2) is 13.6 Å². The van der Waals surface area contributed by atoms with Gasteiger partial charge in [0.15, 0.2) is 0 Å². The molecule has 21 heavy (non-hydrogen) atoms. The van der Waals surface area contributed by atoms with Crippen LogP contribution >= 0.6 is 0 Å². The second kappa shape index (κ2) is 6.15. The van der Waals surface area contributed by atoms with Gasteiger partial charge in [0.1, 0.15) is 0 Å². The number of nitrogens with one attached hydrogen (secondary N) is 1. The van der Waals surface area contributed by atoms with Crippen LogP contribution in [0.5, 0.6) is 0 Å². The Bertz CT molecular complexity index is 632. The van der Waals surface area contributed by atoms with Crippen LogP contribution in [-0.4, -0.2) is 14.3 Å². The van der Waals surface area contributed by atoms with E-state index < -0.39 is 10.0 Å². The van der Waals surface area contributed by atoms with E-state index in [0.717, 1.165) is 31.2 Å². The van der Waals surface area contributed by atoms with Crippen molar-refractivity contribution in [1.82, 2.24) is 0 Å². The van der Waals surface area contributed by atoms with Crippen molar-refractivity contribution in [1.29, 1.82) is 0 Å². The monoisotopic (exact) mass is 310 g/mol. The van der Waals surface area contributed by atoms with Crippen molar-refractivity contribution in [2.45, 2.75) is 44.4 Å². The fraction of sp³-hybridized carbons (Fsp3) is 0.533. The molecule has 0 atom stereocenters. The van der Waals surface area contributed by atoms with Gasteiger partial charge in [-0.3, -0.25) is 4.79 Å². The molecular weight excluding hydrogens is 288 g/mol. The van der Waals surface area contributed by atoms with Crippen molar-refractivity contribution in [3.8, 4) is 0 Å². The summed E-state index contributed by atoms with van der Waals surface area (Å²) >= 11 is 0. The highest BCUT2D eigenvalue weighted by Crippen LogP contribution is 2.29. The highest BCUT2D eigenvalue weighted by molar-refractivity contribution is 7.89.